The minimum atomic E-state index is -8.66. The molecule has 0 aliphatic rings. The molecule has 1 atom stereocenters. The third-order valence-corrected chi connectivity index (χ3v) is 5.18. The van der Waals surface area contributed by atoms with E-state index in [1.807, 2.05) is 0 Å². The maximum atomic E-state index is 13.8. The van der Waals surface area contributed by atoms with E-state index in [4.69, 9.17) is 0 Å². The van der Waals surface area contributed by atoms with Crippen LogP contribution in [-0.2, 0) is 9.53 Å². The Morgan fingerprint density at radius 3 is 1.35 bits per heavy atom. The minimum Gasteiger partial charge on any atom is -0.465 e. The van der Waals surface area contributed by atoms with Crippen LogP contribution in [0.4, 0.5) is 74.6 Å². The summed E-state index contributed by atoms with van der Waals surface area (Å²) in [6, 6.07) is 0. The van der Waals surface area contributed by atoms with E-state index < -0.39 is 72.5 Å². The van der Waals surface area contributed by atoms with Gasteiger partial charge in [0.05, 0.1) is 18.9 Å². The molecule has 2 nitrogen and oxygen atoms in total. The number of unbranched alkanes of at least 4 members (excludes halogenated alkanes) is 1. The standard InChI is InChI=1S/C18H19F17O2/c1-3-5-6-9(4-2)10(36)37-8-7-11(19,20)12(21,22)13(23,24)14(25,26)15(27,28)16(29,30)17(31,32)18(33,34)35/h9H,3-8H2,1-2H3. The smallest absolute Gasteiger partial charge is 0.460 e. The van der Waals surface area contributed by atoms with Crippen LogP contribution in [0, 0.1) is 5.92 Å². The number of carbonyl (C=O) groups excluding carboxylic acids is 1. The van der Waals surface area contributed by atoms with E-state index in [0.717, 1.165) is 0 Å². The van der Waals surface area contributed by atoms with E-state index >= 15 is 0 Å². The van der Waals surface area contributed by atoms with Crippen LogP contribution in [-0.4, -0.2) is 60.2 Å². The summed E-state index contributed by atoms with van der Waals surface area (Å²) in [6.07, 6.45) is -9.57. The first-order chi connectivity index (χ1) is 16.2. The molecule has 0 rings (SSSR count). The van der Waals surface area contributed by atoms with E-state index in [-0.39, 0.29) is 12.8 Å². The second-order valence-electron chi connectivity index (χ2n) is 7.81. The van der Waals surface area contributed by atoms with Crippen molar-refractivity contribution in [2.45, 2.75) is 93.6 Å². The number of hydrogen-bond donors (Lipinski definition) is 0. The summed E-state index contributed by atoms with van der Waals surface area (Å²) in [4.78, 5) is 11.7. The molecule has 0 fully saturated rings. The molecule has 0 aliphatic carbocycles. The molecule has 0 amide bonds. The summed E-state index contributed by atoms with van der Waals surface area (Å²) in [5, 5.41) is 0. The number of hydrogen-bond acceptors (Lipinski definition) is 2. The lowest BCUT2D eigenvalue weighted by Gasteiger charge is -2.42. The Hall–Kier alpha value is -1.72. The molecule has 19 heteroatoms. The van der Waals surface area contributed by atoms with Crippen LogP contribution in [0.1, 0.15) is 46.0 Å². The highest BCUT2D eigenvalue weighted by Gasteiger charge is 2.95. The minimum absolute atomic E-state index is 0.0154. The first kappa shape index (κ1) is 35.3. The number of halogens is 17. The molecule has 0 bridgehead atoms. The maximum absolute atomic E-state index is 13.8. The predicted molar refractivity (Wildman–Crippen MR) is 89.6 cm³/mol. The Balaban J connectivity index is 6.11. The Kier molecular flexibility index (Phi) is 10.3. The quantitative estimate of drug-likeness (QED) is 0.151. The van der Waals surface area contributed by atoms with Gasteiger partial charge >= 0.3 is 53.6 Å². The van der Waals surface area contributed by atoms with Gasteiger partial charge in [-0.3, -0.25) is 4.79 Å². The van der Waals surface area contributed by atoms with Crippen molar-refractivity contribution < 1.29 is 84.2 Å². The zero-order chi connectivity index (χ0) is 30.1. The second kappa shape index (κ2) is 10.8. The zero-order valence-electron chi connectivity index (χ0n) is 18.6. The van der Waals surface area contributed by atoms with E-state index in [9.17, 15) is 79.4 Å². The van der Waals surface area contributed by atoms with Crippen LogP contribution in [0.15, 0.2) is 0 Å². The monoisotopic (exact) mass is 590 g/mol. The number of ether oxygens (including phenoxy) is 1. The van der Waals surface area contributed by atoms with Gasteiger partial charge in [-0.25, -0.2) is 0 Å². The molecule has 222 valence electrons. The molecule has 37 heavy (non-hydrogen) atoms. The molecule has 0 heterocycles. The molecule has 0 aliphatic heterocycles. The Morgan fingerprint density at radius 1 is 0.622 bits per heavy atom. The van der Waals surface area contributed by atoms with Crippen molar-refractivity contribution in [3.05, 3.63) is 0 Å². The van der Waals surface area contributed by atoms with Gasteiger partial charge in [0.25, 0.3) is 0 Å². The highest BCUT2D eigenvalue weighted by molar-refractivity contribution is 5.72. The van der Waals surface area contributed by atoms with Gasteiger partial charge in [0.1, 0.15) is 0 Å². The van der Waals surface area contributed by atoms with Gasteiger partial charge in [0, 0.05) is 0 Å². The normalized spacial score (nSPS) is 16.1. The van der Waals surface area contributed by atoms with Crippen LogP contribution in [0.2, 0.25) is 0 Å². The van der Waals surface area contributed by atoms with Gasteiger partial charge in [0.2, 0.25) is 0 Å². The Bertz CT molecular complexity index is 773. The van der Waals surface area contributed by atoms with Crippen LogP contribution in [0.25, 0.3) is 0 Å². The molecular formula is C18H19F17O2. The summed E-state index contributed by atoms with van der Waals surface area (Å²) in [5.74, 6) is -59.0. The van der Waals surface area contributed by atoms with Crippen LogP contribution in [0.5, 0.6) is 0 Å². The maximum Gasteiger partial charge on any atom is 0.460 e. The first-order valence-corrected chi connectivity index (χ1v) is 10.0. The van der Waals surface area contributed by atoms with Crippen molar-refractivity contribution in [3.8, 4) is 0 Å². The predicted octanol–water partition coefficient (Wildman–Crippen LogP) is 8.15. The summed E-state index contributed by atoms with van der Waals surface area (Å²) < 4.78 is 228. The zero-order valence-corrected chi connectivity index (χ0v) is 18.6. The average molecular weight is 590 g/mol. The molecule has 0 aromatic heterocycles. The summed E-state index contributed by atoms with van der Waals surface area (Å²) in [6.45, 7) is 1.15. The molecular weight excluding hydrogens is 571 g/mol. The van der Waals surface area contributed by atoms with Gasteiger partial charge in [-0.05, 0) is 12.8 Å². The lowest BCUT2D eigenvalue weighted by molar-refractivity contribution is -0.461. The van der Waals surface area contributed by atoms with Gasteiger partial charge in [-0.1, -0.05) is 26.7 Å². The number of alkyl halides is 17. The number of esters is 1. The third kappa shape index (κ3) is 5.83. The summed E-state index contributed by atoms with van der Waals surface area (Å²) in [5.41, 5.74) is 0. The lowest BCUT2D eigenvalue weighted by Crippen LogP contribution is -2.74. The van der Waals surface area contributed by atoms with Gasteiger partial charge in [-0.2, -0.15) is 74.6 Å². The molecule has 0 spiro atoms. The fourth-order valence-electron chi connectivity index (χ4n) is 2.69. The van der Waals surface area contributed by atoms with E-state index in [1.165, 1.54) is 6.92 Å². The van der Waals surface area contributed by atoms with Crippen molar-refractivity contribution in [2.24, 2.45) is 5.92 Å². The average Bonchev–Trinajstić information content (AvgIpc) is 2.72. The van der Waals surface area contributed by atoms with Crippen LogP contribution in [0.3, 0.4) is 0 Å². The summed E-state index contributed by atoms with van der Waals surface area (Å²) >= 11 is 0. The van der Waals surface area contributed by atoms with Crippen molar-refractivity contribution in [1.29, 1.82) is 0 Å². The van der Waals surface area contributed by atoms with Crippen LogP contribution >= 0.6 is 0 Å². The SMILES string of the molecule is CCCCC(CC)C(=O)OCCC(F)(F)C(F)(F)C(F)(F)C(F)(F)C(F)(F)C(F)(F)C(F)(F)C(F)(F)F. The Labute approximate surface area is 197 Å². The van der Waals surface area contributed by atoms with Gasteiger partial charge < -0.3 is 4.74 Å². The van der Waals surface area contributed by atoms with Crippen LogP contribution < -0.4 is 0 Å². The topological polar surface area (TPSA) is 26.3 Å². The molecule has 0 aromatic rings. The number of carbonyl (C=O) groups is 1. The molecule has 0 N–H and O–H groups in total. The first-order valence-electron chi connectivity index (χ1n) is 10.0. The highest BCUT2D eigenvalue weighted by atomic mass is 19.4. The van der Waals surface area contributed by atoms with E-state index in [1.54, 1.807) is 6.92 Å². The van der Waals surface area contributed by atoms with E-state index in [0.29, 0.717) is 12.8 Å². The fraction of sp³-hybridized carbons (Fsp3) is 0.944. The summed E-state index contributed by atoms with van der Waals surface area (Å²) in [7, 11) is 0. The lowest BCUT2D eigenvalue weighted by atomic mass is 9.88. The fourth-order valence-corrected chi connectivity index (χ4v) is 2.69. The van der Waals surface area contributed by atoms with E-state index in [2.05, 4.69) is 4.74 Å². The Morgan fingerprint density at radius 2 is 1.00 bits per heavy atom. The van der Waals surface area contributed by atoms with Gasteiger partial charge in [0.15, 0.2) is 0 Å². The molecule has 1 unspecified atom stereocenters. The molecule has 0 aromatic carbocycles. The van der Waals surface area contributed by atoms with Crippen molar-refractivity contribution in [3.63, 3.8) is 0 Å². The highest BCUT2D eigenvalue weighted by Crippen LogP contribution is 2.64. The van der Waals surface area contributed by atoms with Crippen molar-refractivity contribution >= 4 is 5.97 Å². The largest absolute Gasteiger partial charge is 0.465 e. The van der Waals surface area contributed by atoms with Crippen molar-refractivity contribution in [1.82, 2.24) is 0 Å². The van der Waals surface area contributed by atoms with Gasteiger partial charge in [-0.15, -0.1) is 0 Å². The second-order valence-corrected chi connectivity index (χ2v) is 7.81. The number of rotatable bonds is 14. The third-order valence-electron chi connectivity index (χ3n) is 5.18. The van der Waals surface area contributed by atoms with Crippen molar-refractivity contribution in [2.75, 3.05) is 6.61 Å². The molecule has 0 saturated heterocycles. The molecule has 0 radical (unpaired) electrons. The molecule has 0 saturated carbocycles.